The van der Waals surface area contributed by atoms with Gasteiger partial charge < -0.3 is 9.88 Å². The Morgan fingerprint density at radius 1 is 1.02 bits per heavy atom. The smallest absolute Gasteiger partial charge is 0.131 e. The fourth-order valence-electron chi connectivity index (χ4n) is 5.78. The first-order chi connectivity index (χ1) is 19.6. The Morgan fingerprint density at radius 2 is 1.88 bits per heavy atom. The lowest BCUT2D eigenvalue weighted by Crippen LogP contribution is -2.20. The maximum atomic E-state index is 14.7. The van der Waals surface area contributed by atoms with Crippen LogP contribution in [-0.2, 0) is 6.42 Å². The summed E-state index contributed by atoms with van der Waals surface area (Å²) in [5, 5.41) is 8.85. The monoisotopic (exact) mass is 531 g/mol. The van der Waals surface area contributed by atoms with Gasteiger partial charge in [-0.15, -0.1) is 0 Å². The Bertz CT molecular complexity index is 1690. The summed E-state index contributed by atoms with van der Waals surface area (Å²) in [6, 6.07) is 17.5. The van der Waals surface area contributed by atoms with E-state index < -0.39 is 0 Å². The molecule has 0 saturated carbocycles. The maximum absolute atomic E-state index is 14.7. The molecule has 0 atom stereocenters. The van der Waals surface area contributed by atoms with Crippen LogP contribution in [0.4, 0.5) is 4.39 Å². The van der Waals surface area contributed by atoms with Crippen molar-refractivity contribution in [3.8, 4) is 22.5 Å². The topological polar surface area (TPSA) is 60.6 Å². The Kier molecular flexibility index (Phi) is 7.43. The molecule has 2 N–H and O–H groups in total. The van der Waals surface area contributed by atoms with Gasteiger partial charge in [0, 0.05) is 40.2 Å². The zero-order chi connectivity index (χ0) is 27.5. The van der Waals surface area contributed by atoms with Gasteiger partial charge in [-0.1, -0.05) is 43.0 Å². The van der Waals surface area contributed by atoms with Crippen LogP contribution in [0.25, 0.3) is 39.0 Å². The van der Waals surface area contributed by atoms with Crippen molar-refractivity contribution >= 4 is 16.5 Å². The number of aromatic nitrogens is 4. The van der Waals surface area contributed by atoms with Crippen molar-refractivity contribution in [2.75, 3.05) is 19.6 Å². The number of nitrogens with one attached hydrogen (secondary N) is 2. The normalized spacial score (nSPS) is 14.3. The van der Waals surface area contributed by atoms with Crippen LogP contribution in [0.1, 0.15) is 41.6 Å². The van der Waals surface area contributed by atoms with Crippen LogP contribution >= 0.6 is 0 Å². The summed E-state index contributed by atoms with van der Waals surface area (Å²) >= 11 is 0. The van der Waals surface area contributed by atoms with E-state index in [-0.39, 0.29) is 5.82 Å². The van der Waals surface area contributed by atoms with E-state index in [1.54, 1.807) is 18.2 Å². The molecular weight excluding hydrogens is 497 g/mol. The number of hydrogen-bond donors (Lipinski definition) is 2. The van der Waals surface area contributed by atoms with Gasteiger partial charge in [0.1, 0.15) is 11.5 Å². The van der Waals surface area contributed by atoms with Crippen LogP contribution < -0.4 is 0 Å². The molecule has 5 aromatic rings. The highest BCUT2D eigenvalue weighted by atomic mass is 19.1. The highest BCUT2D eigenvalue weighted by Gasteiger charge is 2.18. The van der Waals surface area contributed by atoms with Gasteiger partial charge in [-0.05, 0) is 99.3 Å². The lowest BCUT2D eigenvalue weighted by atomic mass is 9.96. The minimum Gasteiger partial charge on any atom is -0.357 e. The molecule has 0 amide bonds. The SMILES string of the molecule is C=C/C=C(/c1ccccc1F)c1cc(-c2n[nH]c3ccc(-c4cncc(CCCN5CCCC5)c4)cc23)[nH]c1C. The summed E-state index contributed by atoms with van der Waals surface area (Å²) < 4.78 is 14.7. The number of halogens is 1. The van der Waals surface area contributed by atoms with E-state index in [1.807, 2.05) is 37.5 Å². The second-order valence-corrected chi connectivity index (χ2v) is 10.6. The third kappa shape index (κ3) is 5.27. The molecule has 0 aliphatic carbocycles. The Balaban J connectivity index is 1.30. The van der Waals surface area contributed by atoms with Crippen LogP contribution in [0, 0.1) is 12.7 Å². The third-order valence-corrected chi connectivity index (χ3v) is 7.84. The minimum atomic E-state index is -0.264. The van der Waals surface area contributed by atoms with Crippen LogP contribution in [0.3, 0.4) is 0 Å². The van der Waals surface area contributed by atoms with E-state index in [0.717, 1.165) is 69.6 Å². The number of rotatable bonds is 9. The lowest BCUT2D eigenvalue weighted by molar-refractivity contribution is 0.334. The van der Waals surface area contributed by atoms with E-state index in [2.05, 4.69) is 55.9 Å². The zero-order valence-corrected chi connectivity index (χ0v) is 22.9. The summed E-state index contributed by atoms with van der Waals surface area (Å²) in [5.41, 5.74) is 9.30. The number of benzene rings is 2. The quantitative estimate of drug-likeness (QED) is 0.192. The maximum Gasteiger partial charge on any atom is 0.131 e. The fraction of sp³-hybridized carbons (Fsp3) is 0.235. The van der Waals surface area contributed by atoms with Crippen LogP contribution in [0.15, 0.2) is 85.7 Å². The number of nitrogens with zero attached hydrogens (tertiary/aromatic N) is 3. The first kappa shape index (κ1) is 26.0. The van der Waals surface area contributed by atoms with Gasteiger partial charge >= 0.3 is 0 Å². The Morgan fingerprint density at radius 3 is 2.70 bits per heavy atom. The van der Waals surface area contributed by atoms with E-state index >= 15 is 0 Å². The molecule has 2 aromatic carbocycles. The largest absolute Gasteiger partial charge is 0.357 e. The highest BCUT2D eigenvalue weighted by molar-refractivity contribution is 5.96. The molecule has 0 unspecified atom stereocenters. The number of hydrogen-bond acceptors (Lipinski definition) is 3. The van der Waals surface area contributed by atoms with Gasteiger partial charge in [-0.25, -0.2) is 4.39 Å². The minimum absolute atomic E-state index is 0.264. The van der Waals surface area contributed by atoms with Gasteiger partial charge in [-0.3, -0.25) is 10.1 Å². The van der Waals surface area contributed by atoms with E-state index in [0.29, 0.717) is 5.56 Å². The lowest BCUT2D eigenvalue weighted by Gasteiger charge is -2.14. The molecule has 4 heterocycles. The molecule has 3 aromatic heterocycles. The standard InChI is InChI=1S/C34H34FN5/c1-3-9-27(28-11-4-5-12-31(28)35)29-20-33(37-23(29)2)34-30-19-25(13-14-32(30)38-39-34)26-18-24(21-36-22-26)10-8-17-40-15-6-7-16-40/h3-5,9,11-14,18-22,37H,1,6-8,10,15-17H2,2H3,(H,38,39)/b27-9-. The number of aryl methyl sites for hydroxylation is 2. The van der Waals surface area contributed by atoms with Crippen molar-refractivity contribution in [2.45, 2.75) is 32.6 Å². The second-order valence-electron chi connectivity index (χ2n) is 10.6. The van der Waals surface area contributed by atoms with E-state index in [9.17, 15) is 4.39 Å². The summed E-state index contributed by atoms with van der Waals surface area (Å²) in [5.74, 6) is -0.264. The Hall–Kier alpha value is -4.29. The number of H-pyrrole nitrogens is 2. The summed E-state index contributed by atoms with van der Waals surface area (Å²) in [6.07, 6.45) is 12.3. The second kappa shape index (κ2) is 11.4. The average molecular weight is 532 g/mol. The first-order valence-corrected chi connectivity index (χ1v) is 14.0. The Labute approximate surface area is 234 Å². The van der Waals surface area contributed by atoms with Gasteiger partial charge in [0.05, 0.1) is 11.2 Å². The van der Waals surface area contributed by atoms with E-state index in [1.165, 1.54) is 37.6 Å². The molecule has 202 valence electrons. The molecule has 6 rings (SSSR count). The van der Waals surface area contributed by atoms with E-state index in [4.69, 9.17) is 0 Å². The van der Waals surface area contributed by atoms with Crippen molar-refractivity contribution in [1.29, 1.82) is 0 Å². The summed E-state index contributed by atoms with van der Waals surface area (Å²) in [4.78, 5) is 10.6. The number of allylic oxidation sites excluding steroid dienone is 2. The summed E-state index contributed by atoms with van der Waals surface area (Å²) in [7, 11) is 0. The molecule has 1 saturated heterocycles. The third-order valence-electron chi connectivity index (χ3n) is 7.84. The van der Waals surface area contributed by atoms with Crippen LogP contribution in [0.5, 0.6) is 0 Å². The number of aromatic amines is 2. The van der Waals surface area contributed by atoms with Crippen molar-refractivity contribution in [3.05, 3.63) is 114 Å². The molecule has 5 nitrogen and oxygen atoms in total. The molecule has 0 spiro atoms. The van der Waals surface area contributed by atoms with Crippen molar-refractivity contribution in [3.63, 3.8) is 0 Å². The van der Waals surface area contributed by atoms with Crippen molar-refractivity contribution < 1.29 is 4.39 Å². The molecule has 0 bridgehead atoms. The molecule has 1 fully saturated rings. The average Bonchev–Trinajstić information content (AvgIpc) is 3.72. The van der Waals surface area contributed by atoms with Crippen LogP contribution in [-0.4, -0.2) is 44.7 Å². The zero-order valence-electron chi connectivity index (χ0n) is 22.9. The molecular formula is C34H34FN5. The van der Waals surface area contributed by atoms with Crippen LogP contribution in [0.2, 0.25) is 0 Å². The van der Waals surface area contributed by atoms with Gasteiger partial charge in [0.2, 0.25) is 0 Å². The number of likely N-dealkylation sites (tertiary alicyclic amines) is 1. The molecule has 1 aliphatic rings. The predicted molar refractivity (Wildman–Crippen MR) is 162 cm³/mol. The van der Waals surface area contributed by atoms with Crippen molar-refractivity contribution in [2.24, 2.45) is 0 Å². The summed E-state index contributed by atoms with van der Waals surface area (Å²) in [6.45, 7) is 9.49. The predicted octanol–water partition coefficient (Wildman–Crippen LogP) is 7.71. The fourth-order valence-corrected chi connectivity index (χ4v) is 5.78. The number of pyridine rings is 1. The van der Waals surface area contributed by atoms with Gasteiger partial charge in [0.15, 0.2) is 0 Å². The highest BCUT2D eigenvalue weighted by Crippen LogP contribution is 2.35. The van der Waals surface area contributed by atoms with Crippen molar-refractivity contribution in [1.82, 2.24) is 25.1 Å². The molecule has 6 heteroatoms. The molecule has 1 aliphatic heterocycles. The molecule has 40 heavy (non-hydrogen) atoms. The first-order valence-electron chi connectivity index (χ1n) is 14.0. The van der Waals surface area contributed by atoms with Gasteiger partial charge in [0.25, 0.3) is 0 Å². The van der Waals surface area contributed by atoms with Gasteiger partial charge in [-0.2, -0.15) is 5.10 Å². The molecule has 0 radical (unpaired) electrons. The number of fused-ring (bicyclic) bond motifs is 1.